The first kappa shape index (κ1) is 22.0. The van der Waals surface area contributed by atoms with Crippen molar-refractivity contribution in [3.8, 4) is 0 Å². The van der Waals surface area contributed by atoms with E-state index in [4.69, 9.17) is 4.99 Å². The summed E-state index contributed by atoms with van der Waals surface area (Å²) in [7, 11) is 2.14. The van der Waals surface area contributed by atoms with Crippen LogP contribution in [0.5, 0.6) is 0 Å². The molecular weight excluding hydrogens is 404 g/mol. The number of aliphatic imine (C=N–C) groups is 2. The molecule has 0 aromatic carbocycles. The summed E-state index contributed by atoms with van der Waals surface area (Å²) < 4.78 is 2.02. The molecule has 2 aliphatic heterocycles. The Morgan fingerprint density at radius 3 is 2.66 bits per heavy atom. The number of hydrogen-bond acceptors (Lipinski definition) is 5. The molecule has 2 aliphatic rings. The molecular formula is C23H32N8O. The van der Waals surface area contributed by atoms with E-state index in [-0.39, 0.29) is 11.9 Å². The van der Waals surface area contributed by atoms with Gasteiger partial charge >= 0.3 is 0 Å². The lowest BCUT2D eigenvalue weighted by Gasteiger charge is -2.33. The van der Waals surface area contributed by atoms with Crippen LogP contribution in [0.1, 0.15) is 35.9 Å². The standard InChI is InChI=1S/C23H32N8O/c1-15(2)19-14-26-22(32)18-12-16(3)21(31(18)19)28-23(24-4)27-20-7-6-17(13-25-20)30-10-8-29(5)9-11-30/h6-7,12-13,15,19H,4,8-11,14H2,1-3,5H3,(H,26,32)(H,25,27,28). The fourth-order valence-corrected chi connectivity index (χ4v) is 4.24. The predicted molar refractivity (Wildman–Crippen MR) is 130 cm³/mol. The monoisotopic (exact) mass is 436 g/mol. The van der Waals surface area contributed by atoms with Crippen LogP contribution in [0, 0.1) is 12.8 Å². The number of carbonyl (C=O) groups excluding carboxylic acids is 1. The third kappa shape index (κ3) is 4.38. The quantitative estimate of drug-likeness (QED) is 0.568. The second kappa shape index (κ2) is 9.12. The molecule has 0 aliphatic carbocycles. The van der Waals surface area contributed by atoms with Gasteiger partial charge in [0.2, 0.25) is 5.96 Å². The van der Waals surface area contributed by atoms with Crippen molar-refractivity contribution >= 4 is 35.9 Å². The van der Waals surface area contributed by atoms with Gasteiger partial charge in [0.15, 0.2) is 0 Å². The van der Waals surface area contributed by atoms with Crippen molar-refractivity contribution in [3.63, 3.8) is 0 Å². The van der Waals surface area contributed by atoms with Gasteiger partial charge in [-0.1, -0.05) is 13.8 Å². The maximum atomic E-state index is 12.4. The lowest BCUT2D eigenvalue weighted by molar-refractivity contribution is 0.0906. The third-order valence-electron chi connectivity index (χ3n) is 6.22. The topological polar surface area (TPSA) is 90.1 Å². The summed E-state index contributed by atoms with van der Waals surface area (Å²) in [5.74, 6) is 1.98. The van der Waals surface area contributed by atoms with E-state index in [0.717, 1.165) is 43.2 Å². The molecule has 2 aromatic rings. The number of nitrogens with zero attached hydrogens (tertiary/aromatic N) is 6. The number of anilines is 2. The highest BCUT2D eigenvalue weighted by Gasteiger charge is 2.30. The molecule has 2 N–H and O–H groups in total. The third-order valence-corrected chi connectivity index (χ3v) is 6.22. The zero-order valence-electron chi connectivity index (χ0n) is 19.3. The van der Waals surface area contributed by atoms with Crippen molar-refractivity contribution in [2.45, 2.75) is 26.8 Å². The maximum absolute atomic E-state index is 12.4. The van der Waals surface area contributed by atoms with Crippen LogP contribution >= 0.6 is 0 Å². The zero-order valence-corrected chi connectivity index (χ0v) is 19.3. The number of pyridine rings is 1. The van der Waals surface area contributed by atoms with Gasteiger partial charge in [-0.3, -0.25) is 4.79 Å². The molecule has 4 heterocycles. The number of guanidine groups is 1. The molecule has 1 saturated heterocycles. The molecule has 0 radical (unpaired) electrons. The van der Waals surface area contributed by atoms with E-state index in [1.165, 1.54) is 0 Å². The first-order valence-electron chi connectivity index (χ1n) is 11.1. The average molecular weight is 437 g/mol. The van der Waals surface area contributed by atoms with E-state index in [9.17, 15) is 4.79 Å². The van der Waals surface area contributed by atoms with Gasteiger partial charge in [0.05, 0.1) is 17.9 Å². The molecule has 32 heavy (non-hydrogen) atoms. The lowest BCUT2D eigenvalue weighted by atomic mass is 10.0. The number of rotatable bonds is 4. The molecule has 1 fully saturated rings. The summed E-state index contributed by atoms with van der Waals surface area (Å²) in [4.78, 5) is 30.4. The van der Waals surface area contributed by atoms with Crippen LogP contribution in [0.15, 0.2) is 34.4 Å². The first-order valence-corrected chi connectivity index (χ1v) is 11.1. The summed E-state index contributed by atoms with van der Waals surface area (Å²) in [5, 5.41) is 6.14. The van der Waals surface area contributed by atoms with Crippen LogP contribution in [-0.4, -0.2) is 72.8 Å². The fraction of sp³-hybridized carbons (Fsp3) is 0.478. The zero-order chi connectivity index (χ0) is 22.8. The number of aryl methyl sites for hydroxylation is 1. The largest absolute Gasteiger partial charge is 0.368 e. The molecule has 4 rings (SSSR count). The number of nitrogens with one attached hydrogen (secondary N) is 2. The molecule has 1 atom stereocenters. The van der Waals surface area contributed by atoms with Gasteiger partial charge in [-0.05, 0) is 50.4 Å². The highest BCUT2D eigenvalue weighted by molar-refractivity contribution is 5.98. The molecule has 9 nitrogen and oxygen atoms in total. The normalized spacial score (nSPS) is 19.7. The minimum Gasteiger partial charge on any atom is -0.368 e. The molecule has 170 valence electrons. The molecule has 2 aromatic heterocycles. The van der Waals surface area contributed by atoms with Gasteiger partial charge in [0.1, 0.15) is 17.3 Å². The van der Waals surface area contributed by atoms with Crippen LogP contribution in [0.3, 0.4) is 0 Å². The Morgan fingerprint density at radius 1 is 1.28 bits per heavy atom. The Morgan fingerprint density at radius 2 is 2.03 bits per heavy atom. The fourth-order valence-electron chi connectivity index (χ4n) is 4.24. The number of hydrogen-bond donors (Lipinski definition) is 2. The van der Waals surface area contributed by atoms with Crippen molar-refractivity contribution in [3.05, 3.63) is 35.7 Å². The Hall–Kier alpha value is -3.20. The average Bonchev–Trinajstić information content (AvgIpc) is 3.11. The Bertz CT molecular complexity index is 1020. The number of aromatic nitrogens is 2. The highest BCUT2D eigenvalue weighted by atomic mass is 16.2. The second-order valence-electron chi connectivity index (χ2n) is 8.84. The molecule has 1 unspecified atom stereocenters. The summed E-state index contributed by atoms with van der Waals surface area (Å²) in [6.45, 7) is 14.6. The maximum Gasteiger partial charge on any atom is 0.268 e. The smallest absolute Gasteiger partial charge is 0.268 e. The molecule has 9 heteroatoms. The van der Waals surface area contributed by atoms with Crippen molar-refractivity contribution < 1.29 is 4.79 Å². The van der Waals surface area contributed by atoms with Gasteiger partial charge in [-0.2, -0.15) is 4.99 Å². The predicted octanol–water partition coefficient (Wildman–Crippen LogP) is 2.68. The van der Waals surface area contributed by atoms with Gasteiger partial charge in [0, 0.05) is 32.7 Å². The van der Waals surface area contributed by atoms with Gasteiger partial charge in [0.25, 0.3) is 5.91 Å². The number of carbonyl (C=O) groups is 1. The summed E-state index contributed by atoms with van der Waals surface area (Å²) in [6.07, 6.45) is 1.87. The van der Waals surface area contributed by atoms with Crippen molar-refractivity contribution in [2.75, 3.05) is 50.0 Å². The summed E-state index contributed by atoms with van der Waals surface area (Å²) >= 11 is 0. The van der Waals surface area contributed by atoms with Crippen LogP contribution in [0.25, 0.3) is 0 Å². The van der Waals surface area contributed by atoms with E-state index in [1.807, 2.05) is 29.8 Å². The van der Waals surface area contributed by atoms with Crippen molar-refractivity contribution in [1.29, 1.82) is 0 Å². The van der Waals surface area contributed by atoms with E-state index < -0.39 is 0 Å². The van der Waals surface area contributed by atoms with Gasteiger partial charge in [-0.25, -0.2) is 9.98 Å². The lowest BCUT2D eigenvalue weighted by Crippen LogP contribution is -2.44. The Balaban J connectivity index is 1.57. The van der Waals surface area contributed by atoms with Crippen LogP contribution in [0.2, 0.25) is 0 Å². The number of amides is 1. The van der Waals surface area contributed by atoms with E-state index in [2.05, 4.69) is 64.1 Å². The van der Waals surface area contributed by atoms with Crippen LogP contribution < -0.4 is 15.5 Å². The van der Waals surface area contributed by atoms with E-state index in [0.29, 0.717) is 29.9 Å². The Kier molecular flexibility index (Phi) is 6.27. The minimum absolute atomic E-state index is 0.0753. The van der Waals surface area contributed by atoms with E-state index in [1.54, 1.807) is 0 Å². The highest BCUT2D eigenvalue weighted by Crippen LogP contribution is 2.34. The first-order chi connectivity index (χ1) is 15.4. The Labute approximate surface area is 189 Å². The number of fused-ring (bicyclic) bond motifs is 1. The van der Waals surface area contributed by atoms with Crippen molar-refractivity contribution in [1.82, 2.24) is 19.8 Å². The number of piperazine rings is 1. The minimum atomic E-state index is -0.0753. The second-order valence-corrected chi connectivity index (χ2v) is 8.84. The summed E-state index contributed by atoms with van der Waals surface area (Å²) in [6, 6.07) is 6.00. The van der Waals surface area contributed by atoms with Crippen LogP contribution in [0.4, 0.5) is 17.3 Å². The van der Waals surface area contributed by atoms with Crippen LogP contribution in [-0.2, 0) is 0 Å². The summed E-state index contributed by atoms with van der Waals surface area (Å²) in [5.41, 5.74) is 2.66. The van der Waals surface area contributed by atoms with E-state index >= 15 is 0 Å². The molecule has 0 bridgehead atoms. The molecule has 0 spiro atoms. The SMILES string of the molecule is C=NC(=Nc1c(C)cc2n1C(C(C)C)CNC2=O)Nc1ccc(N2CCN(C)CC2)cn1. The molecule has 0 saturated carbocycles. The van der Waals surface area contributed by atoms with Gasteiger partial charge in [-0.15, -0.1) is 0 Å². The van der Waals surface area contributed by atoms with Gasteiger partial charge < -0.3 is 25.0 Å². The molecule has 1 amide bonds. The number of likely N-dealkylation sites (N-methyl/N-ethyl adjacent to an activating group) is 1. The van der Waals surface area contributed by atoms with Crippen molar-refractivity contribution in [2.24, 2.45) is 15.9 Å².